The van der Waals surface area contributed by atoms with Gasteiger partial charge in [0, 0.05) is 0 Å². The quantitative estimate of drug-likeness (QED) is 0.793. The highest BCUT2D eigenvalue weighted by Gasteiger charge is 2.16. The van der Waals surface area contributed by atoms with Gasteiger partial charge in [-0.05, 0) is 42.5 Å². The molecule has 0 saturated carbocycles. The van der Waals surface area contributed by atoms with Crippen molar-refractivity contribution in [3.05, 3.63) is 48.3 Å². The molecule has 1 N–H and O–H groups in total. The Hall–Kier alpha value is -2.19. The molecule has 0 aliphatic heterocycles. The Kier molecular flexibility index (Phi) is 3.71. The molecule has 0 fully saturated rings. The highest BCUT2D eigenvalue weighted by Crippen LogP contribution is 2.28. The van der Waals surface area contributed by atoms with Crippen molar-refractivity contribution >= 4 is 36.7 Å². The first-order valence-corrected chi connectivity index (χ1v) is 8.51. The smallest absolute Gasteiger partial charge is 0.263 e. The molecule has 0 bridgehead atoms. The van der Waals surface area contributed by atoms with E-state index < -0.39 is 10.0 Å². The highest BCUT2D eigenvalue weighted by molar-refractivity contribution is 7.93. The van der Waals surface area contributed by atoms with Gasteiger partial charge in [0.05, 0.1) is 22.2 Å². The summed E-state index contributed by atoms with van der Waals surface area (Å²) >= 11 is 1.07. The molecule has 1 heterocycles. The molecule has 114 valence electrons. The normalized spacial score (nSPS) is 11.5. The van der Waals surface area contributed by atoms with Gasteiger partial charge in [-0.1, -0.05) is 11.3 Å². The average molecular weight is 338 g/mol. The van der Waals surface area contributed by atoms with Crippen LogP contribution in [0.4, 0.5) is 9.52 Å². The van der Waals surface area contributed by atoms with Crippen molar-refractivity contribution in [2.24, 2.45) is 0 Å². The van der Waals surface area contributed by atoms with Crippen molar-refractivity contribution in [2.45, 2.75) is 4.90 Å². The zero-order chi connectivity index (χ0) is 15.7. The first kappa shape index (κ1) is 14.7. The lowest BCUT2D eigenvalue weighted by Gasteiger charge is -2.05. The van der Waals surface area contributed by atoms with Crippen LogP contribution in [0.15, 0.2) is 47.4 Å². The molecule has 8 heteroatoms. The zero-order valence-electron chi connectivity index (χ0n) is 11.4. The van der Waals surface area contributed by atoms with Crippen molar-refractivity contribution in [3.63, 3.8) is 0 Å². The van der Waals surface area contributed by atoms with Gasteiger partial charge in [-0.15, -0.1) is 0 Å². The van der Waals surface area contributed by atoms with Crippen LogP contribution in [0, 0.1) is 5.82 Å². The Morgan fingerprint density at radius 1 is 1.18 bits per heavy atom. The van der Waals surface area contributed by atoms with E-state index in [1.54, 1.807) is 12.1 Å². The summed E-state index contributed by atoms with van der Waals surface area (Å²) in [5.41, 5.74) is 0.541. The number of sulfonamides is 1. The SMILES string of the molecule is COc1ccc(S(=O)(=O)Nc2nc3ccc(F)cc3s2)cc1. The Morgan fingerprint density at radius 3 is 2.59 bits per heavy atom. The van der Waals surface area contributed by atoms with E-state index in [0.717, 1.165) is 11.3 Å². The van der Waals surface area contributed by atoms with Gasteiger partial charge < -0.3 is 4.74 Å². The van der Waals surface area contributed by atoms with Gasteiger partial charge in [-0.2, -0.15) is 0 Å². The number of hydrogen-bond donors (Lipinski definition) is 1. The summed E-state index contributed by atoms with van der Waals surface area (Å²) in [6.07, 6.45) is 0. The number of methoxy groups -OCH3 is 1. The lowest BCUT2D eigenvalue weighted by atomic mass is 10.3. The minimum absolute atomic E-state index is 0.0961. The largest absolute Gasteiger partial charge is 0.497 e. The van der Waals surface area contributed by atoms with Crippen LogP contribution in [0.2, 0.25) is 0 Å². The number of hydrogen-bond acceptors (Lipinski definition) is 5. The summed E-state index contributed by atoms with van der Waals surface area (Å²) in [7, 11) is -2.25. The molecular weight excluding hydrogens is 327 g/mol. The van der Waals surface area contributed by atoms with E-state index in [4.69, 9.17) is 4.74 Å². The van der Waals surface area contributed by atoms with Crippen LogP contribution in [0.1, 0.15) is 0 Å². The molecule has 0 aliphatic carbocycles. The number of nitrogens with zero attached hydrogens (tertiary/aromatic N) is 1. The molecule has 0 saturated heterocycles. The molecule has 0 spiro atoms. The first-order valence-electron chi connectivity index (χ1n) is 6.21. The van der Waals surface area contributed by atoms with Crippen molar-refractivity contribution in [1.29, 1.82) is 0 Å². The molecule has 3 aromatic rings. The average Bonchev–Trinajstić information content (AvgIpc) is 2.87. The number of halogens is 1. The van der Waals surface area contributed by atoms with Crippen LogP contribution in [-0.4, -0.2) is 20.5 Å². The van der Waals surface area contributed by atoms with Crippen molar-refractivity contribution in [3.8, 4) is 5.75 Å². The standard InChI is InChI=1S/C14H11FN2O3S2/c1-20-10-3-5-11(6-4-10)22(18,19)17-14-16-12-7-2-9(15)8-13(12)21-14/h2-8H,1H3,(H,16,17). The molecule has 5 nitrogen and oxygen atoms in total. The molecule has 0 unspecified atom stereocenters. The van der Waals surface area contributed by atoms with Crippen molar-refractivity contribution in [1.82, 2.24) is 4.98 Å². The van der Waals surface area contributed by atoms with Crippen LogP contribution in [0.5, 0.6) is 5.75 Å². The van der Waals surface area contributed by atoms with Crippen LogP contribution in [-0.2, 0) is 10.0 Å². The van der Waals surface area contributed by atoms with Gasteiger partial charge in [0.25, 0.3) is 10.0 Å². The second-order valence-corrected chi connectivity index (χ2v) is 7.13. The maximum absolute atomic E-state index is 13.1. The van der Waals surface area contributed by atoms with Gasteiger partial charge in [-0.3, -0.25) is 4.72 Å². The Morgan fingerprint density at radius 2 is 1.91 bits per heavy atom. The van der Waals surface area contributed by atoms with E-state index in [1.165, 1.54) is 37.4 Å². The summed E-state index contributed by atoms with van der Waals surface area (Å²) in [5.74, 6) is 0.176. The number of thiazole rings is 1. The van der Waals surface area contributed by atoms with E-state index in [9.17, 15) is 12.8 Å². The second kappa shape index (κ2) is 5.54. The van der Waals surface area contributed by atoms with Gasteiger partial charge >= 0.3 is 0 Å². The fourth-order valence-corrected chi connectivity index (χ4v) is 4.00. The van der Waals surface area contributed by atoms with Crippen molar-refractivity contribution in [2.75, 3.05) is 11.8 Å². The number of ether oxygens (including phenoxy) is 1. The van der Waals surface area contributed by atoms with E-state index in [-0.39, 0.29) is 15.8 Å². The second-order valence-electron chi connectivity index (χ2n) is 4.41. The molecule has 3 rings (SSSR count). The Balaban J connectivity index is 1.91. The lowest BCUT2D eigenvalue weighted by Crippen LogP contribution is -2.12. The van der Waals surface area contributed by atoms with Crippen molar-refractivity contribution < 1.29 is 17.5 Å². The molecule has 0 aliphatic rings. The summed E-state index contributed by atoms with van der Waals surface area (Å²) in [6, 6.07) is 10.1. The Labute approximate surface area is 130 Å². The van der Waals surface area contributed by atoms with E-state index in [0.29, 0.717) is 16.0 Å². The summed E-state index contributed by atoms with van der Waals surface area (Å²) in [4.78, 5) is 4.23. The fraction of sp³-hybridized carbons (Fsp3) is 0.0714. The maximum atomic E-state index is 13.1. The summed E-state index contributed by atoms with van der Waals surface area (Å²) in [5, 5.41) is 0.191. The number of nitrogens with one attached hydrogen (secondary N) is 1. The topological polar surface area (TPSA) is 68.3 Å². The van der Waals surface area contributed by atoms with Gasteiger partial charge in [0.2, 0.25) is 0 Å². The number of anilines is 1. The number of benzene rings is 2. The van der Waals surface area contributed by atoms with E-state index >= 15 is 0 Å². The van der Waals surface area contributed by atoms with Gasteiger partial charge in [-0.25, -0.2) is 17.8 Å². The molecular formula is C14H11FN2O3S2. The minimum Gasteiger partial charge on any atom is -0.497 e. The summed E-state index contributed by atoms with van der Waals surface area (Å²) in [6.45, 7) is 0. The van der Waals surface area contributed by atoms with Crippen LogP contribution in [0.3, 0.4) is 0 Å². The van der Waals surface area contributed by atoms with Gasteiger partial charge in [0.1, 0.15) is 11.6 Å². The van der Waals surface area contributed by atoms with Gasteiger partial charge in [0.15, 0.2) is 5.13 Å². The molecule has 1 aromatic heterocycles. The minimum atomic E-state index is -3.75. The Bertz CT molecular complexity index is 921. The van der Waals surface area contributed by atoms with Crippen LogP contribution >= 0.6 is 11.3 Å². The first-order chi connectivity index (χ1) is 10.5. The molecule has 0 atom stereocenters. The number of rotatable bonds is 4. The monoisotopic (exact) mass is 338 g/mol. The lowest BCUT2D eigenvalue weighted by molar-refractivity contribution is 0.414. The maximum Gasteiger partial charge on any atom is 0.263 e. The number of fused-ring (bicyclic) bond motifs is 1. The van der Waals surface area contributed by atoms with E-state index in [2.05, 4.69) is 9.71 Å². The third-order valence-corrected chi connectivity index (χ3v) is 5.36. The predicted octanol–water partition coefficient (Wildman–Crippen LogP) is 3.24. The predicted molar refractivity (Wildman–Crippen MR) is 83.4 cm³/mol. The van der Waals surface area contributed by atoms with E-state index in [1.807, 2.05) is 0 Å². The molecule has 22 heavy (non-hydrogen) atoms. The van der Waals surface area contributed by atoms with Crippen LogP contribution < -0.4 is 9.46 Å². The zero-order valence-corrected chi connectivity index (χ0v) is 13.0. The molecule has 0 amide bonds. The van der Waals surface area contributed by atoms with Crippen LogP contribution in [0.25, 0.3) is 10.2 Å². The third-order valence-electron chi connectivity index (χ3n) is 2.94. The molecule has 0 radical (unpaired) electrons. The molecule has 2 aromatic carbocycles. The number of aromatic nitrogens is 1. The third kappa shape index (κ3) is 2.88. The fourth-order valence-electron chi connectivity index (χ4n) is 1.87. The summed E-state index contributed by atoms with van der Waals surface area (Å²) < 4.78 is 45.7. The highest BCUT2D eigenvalue weighted by atomic mass is 32.2.